The molecule has 1 heterocycles. The van der Waals surface area contributed by atoms with Crippen LogP contribution in [0, 0.1) is 19.3 Å². The van der Waals surface area contributed by atoms with E-state index in [0.717, 1.165) is 19.3 Å². The van der Waals surface area contributed by atoms with Crippen LogP contribution in [0.3, 0.4) is 0 Å². The average Bonchev–Trinajstić information content (AvgIpc) is 2.78. The highest BCUT2D eigenvalue weighted by molar-refractivity contribution is 5.63. The zero-order valence-electron chi connectivity index (χ0n) is 11.4. The lowest BCUT2D eigenvalue weighted by atomic mass is 9.88. The predicted octanol–water partition coefficient (Wildman–Crippen LogP) is 2.35. The van der Waals surface area contributed by atoms with Crippen LogP contribution in [0.5, 0.6) is 0 Å². The van der Waals surface area contributed by atoms with Gasteiger partial charge in [-0.15, -0.1) is 0 Å². The highest BCUT2D eigenvalue weighted by atomic mass is 16.5. The molecule has 18 heavy (non-hydrogen) atoms. The fraction of sp³-hybridized carbons (Fsp3) is 0.533. The number of benzene rings is 1. The van der Waals surface area contributed by atoms with Crippen molar-refractivity contribution in [1.29, 1.82) is 0 Å². The van der Waals surface area contributed by atoms with E-state index in [-0.39, 0.29) is 5.41 Å². The highest BCUT2D eigenvalue weighted by Gasteiger charge is 2.36. The summed E-state index contributed by atoms with van der Waals surface area (Å²) in [6.07, 6.45) is 1.89. The minimum Gasteiger partial charge on any atom is -0.380 e. The third-order valence-corrected chi connectivity index (χ3v) is 3.70. The summed E-state index contributed by atoms with van der Waals surface area (Å²) in [4.78, 5) is 13.5. The maximum Gasteiger partial charge on any atom is 0.130 e. The second-order valence-electron chi connectivity index (χ2n) is 5.43. The molecular formula is C15H21NO2. The van der Waals surface area contributed by atoms with Gasteiger partial charge in [-0.2, -0.15) is 0 Å². The Labute approximate surface area is 109 Å². The Morgan fingerprint density at radius 2 is 2.22 bits per heavy atom. The predicted molar refractivity (Wildman–Crippen MR) is 73.1 cm³/mol. The summed E-state index contributed by atoms with van der Waals surface area (Å²) >= 11 is 0. The Kier molecular flexibility index (Phi) is 3.71. The number of carbonyl (C=O) groups excluding carboxylic acids is 1. The second-order valence-corrected chi connectivity index (χ2v) is 5.43. The molecular weight excluding hydrogens is 226 g/mol. The molecule has 0 radical (unpaired) electrons. The van der Waals surface area contributed by atoms with Gasteiger partial charge in [0.2, 0.25) is 0 Å². The number of aryl methyl sites for hydroxylation is 2. The Morgan fingerprint density at radius 1 is 1.44 bits per heavy atom. The van der Waals surface area contributed by atoms with E-state index in [0.29, 0.717) is 13.2 Å². The summed E-state index contributed by atoms with van der Waals surface area (Å²) in [6.45, 7) is 6.16. The molecule has 98 valence electrons. The summed E-state index contributed by atoms with van der Waals surface area (Å²) in [5.41, 5.74) is 3.37. The maximum absolute atomic E-state index is 11.3. The van der Waals surface area contributed by atoms with Crippen LogP contribution in [-0.4, -0.2) is 33.1 Å². The first-order chi connectivity index (χ1) is 8.56. The van der Waals surface area contributed by atoms with Crippen molar-refractivity contribution in [3.63, 3.8) is 0 Å². The lowest BCUT2D eigenvalue weighted by Gasteiger charge is -2.30. The van der Waals surface area contributed by atoms with E-state index in [2.05, 4.69) is 36.9 Å². The van der Waals surface area contributed by atoms with Crippen molar-refractivity contribution in [2.75, 3.05) is 31.7 Å². The Bertz CT molecular complexity index is 436. The van der Waals surface area contributed by atoms with Crippen LogP contribution in [-0.2, 0) is 9.53 Å². The maximum atomic E-state index is 11.3. The Hall–Kier alpha value is -1.35. The molecule has 0 N–H and O–H groups in total. The molecule has 1 fully saturated rings. The minimum absolute atomic E-state index is 0.327. The number of hydrogen-bond acceptors (Lipinski definition) is 3. The quantitative estimate of drug-likeness (QED) is 0.765. The van der Waals surface area contributed by atoms with E-state index in [4.69, 9.17) is 4.74 Å². The van der Waals surface area contributed by atoms with E-state index in [9.17, 15) is 4.79 Å². The molecule has 1 saturated heterocycles. The van der Waals surface area contributed by atoms with Crippen LogP contribution in [0.25, 0.3) is 0 Å². The third kappa shape index (κ3) is 2.56. The van der Waals surface area contributed by atoms with Crippen molar-refractivity contribution in [2.24, 2.45) is 5.41 Å². The molecule has 0 aliphatic carbocycles. The number of carbonyl (C=O) groups is 1. The molecule has 3 nitrogen and oxygen atoms in total. The number of ether oxygens (including phenoxy) is 1. The molecule has 3 heteroatoms. The lowest BCUT2D eigenvalue weighted by Crippen LogP contribution is -2.37. The van der Waals surface area contributed by atoms with Gasteiger partial charge in [0.05, 0.1) is 12.0 Å². The molecule has 1 unspecified atom stereocenters. The summed E-state index contributed by atoms with van der Waals surface area (Å²) in [7, 11) is 2.04. The lowest BCUT2D eigenvalue weighted by molar-refractivity contribution is -0.115. The van der Waals surface area contributed by atoms with Crippen LogP contribution < -0.4 is 4.90 Å². The Morgan fingerprint density at radius 3 is 2.78 bits per heavy atom. The van der Waals surface area contributed by atoms with Crippen molar-refractivity contribution in [1.82, 2.24) is 0 Å². The van der Waals surface area contributed by atoms with Crippen molar-refractivity contribution in [3.8, 4) is 0 Å². The van der Waals surface area contributed by atoms with Gasteiger partial charge in [0, 0.05) is 25.9 Å². The van der Waals surface area contributed by atoms with Crippen LogP contribution >= 0.6 is 0 Å². The number of anilines is 1. The normalized spacial score (nSPS) is 23.1. The SMILES string of the molecule is Cc1ccc(N(C)CC2(C=O)CCOC2)c(C)c1. The van der Waals surface area contributed by atoms with Gasteiger partial charge in [0.15, 0.2) is 0 Å². The Balaban J connectivity index is 2.16. The monoisotopic (exact) mass is 247 g/mol. The van der Waals surface area contributed by atoms with E-state index in [1.54, 1.807) is 0 Å². The van der Waals surface area contributed by atoms with Crippen LogP contribution in [0.2, 0.25) is 0 Å². The fourth-order valence-corrected chi connectivity index (χ4v) is 2.67. The van der Waals surface area contributed by atoms with Gasteiger partial charge in [-0.1, -0.05) is 17.7 Å². The van der Waals surface area contributed by atoms with Gasteiger partial charge < -0.3 is 14.4 Å². The molecule has 0 saturated carbocycles. The van der Waals surface area contributed by atoms with Crippen LogP contribution in [0.4, 0.5) is 5.69 Å². The minimum atomic E-state index is -0.327. The van der Waals surface area contributed by atoms with Gasteiger partial charge >= 0.3 is 0 Å². The third-order valence-electron chi connectivity index (χ3n) is 3.70. The van der Waals surface area contributed by atoms with Gasteiger partial charge in [0.1, 0.15) is 6.29 Å². The molecule has 1 atom stereocenters. The van der Waals surface area contributed by atoms with Gasteiger partial charge in [-0.05, 0) is 31.9 Å². The summed E-state index contributed by atoms with van der Waals surface area (Å²) < 4.78 is 5.38. The zero-order valence-corrected chi connectivity index (χ0v) is 11.4. The second kappa shape index (κ2) is 5.11. The average molecular weight is 247 g/mol. The first kappa shape index (κ1) is 13.1. The molecule has 0 spiro atoms. The molecule has 1 aliphatic heterocycles. The van der Waals surface area contributed by atoms with Crippen molar-refractivity contribution in [3.05, 3.63) is 29.3 Å². The first-order valence-corrected chi connectivity index (χ1v) is 6.39. The number of aldehydes is 1. The van der Waals surface area contributed by atoms with E-state index in [1.165, 1.54) is 16.8 Å². The summed E-state index contributed by atoms with van der Waals surface area (Å²) in [5, 5.41) is 0. The van der Waals surface area contributed by atoms with E-state index < -0.39 is 0 Å². The van der Waals surface area contributed by atoms with Crippen LogP contribution in [0.1, 0.15) is 17.5 Å². The summed E-state index contributed by atoms with van der Waals surface area (Å²) in [6, 6.07) is 6.40. The molecule has 2 rings (SSSR count). The number of hydrogen-bond donors (Lipinski definition) is 0. The highest BCUT2D eigenvalue weighted by Crippen LogP contribution is 2.30. The van der Waals surface area contributed by atoms with E-state index >= 15 is 0 Å². The van der Waals surface area contributed by atoms with Crippen molar-refractivity contribution >= 4 is 12.0 Å². The molecule has 0 bridgehead atoms. The van der Waals surface area contributed by atoms with Crippen LogP contribution in [0.15, 0.2) is 18.2 Å². The molecule has 0 aromatic heterocycles. The van der Waals surface area contributed by atoms with Gasteiger partial charge in [-0.25, -0.2) is 0 Å². The van der Waals surface area contributed by atoms with Gasteiger partial charge in [0.25, 0.3) is 0 Å². The fourth-order valence-electron chi connectivity index (χ4n) is 2.67. The standard InChI is InChI=1S/C15H21NO2/c1-12-4-5-14(13(2)8-12)16(3)9-15(10-17)6-7-18-11-15/h4-5,8,10H,6-7,9,11H2,1-3H3. The van der Waals surface area contributed by atoms with Gasteiger partial charge in [-0.3, -0.25) is 0 Å². The molecule has 1 aromatic carbocycles. The zero-order chi connectivity index (χ0) is 13.2. The molecule has 1 aliphatic rings. The topological polar surface area (TPSA) is 29.5 Å². The van der Waals surface area contributed by atoms with Crippen molar-refractivity contribution < 1.29 is 9.53 Å². The first-order valence-electron chi connectivity index (χ1n) is 6.39. The smallest absolute Gasteiger partial charge is 0.130 e. The largest absolute Gasteiger partial charge is 0.380 e. The number of rotatable bonds is 4. The molecule has 0 amide bonds. The van der Waals surface area contributed by atoms with E-state index in [1.807, 2.05) is 7.05 Å². The summed E-state index contributed by atoms with van der Waals surface area (Å²) in [5.74, 6) is 0. The molecule has 1 aromatic rings. The number of nitrogens with zero attached hydrogens (tertiary/aromatic N) is 1. The van der Waals surface area contributed by atoms with Crippen molar-refractivity contribution in [2.45, 2.75) is 20.3 Å².